The maximum absolute atomic E-state index is 10.1. The number of aromatic hydroxyl groups is 1. The quantitative estimate of drug-likeness (QED) is 0.897. The van der Waals surface area contributed by atoms with Gasteiger partial charge in [-0.3, -0.25) is 0 Å². The van der Waals surface area contributed by atoms with E-state index in [1.54, 1.807) is 11.3 Å². The SMILES string of the molecule is Oc1nc(N[C@H]2C[C@@H]3CC[C@H]2C3)sc1C1CCOCC1. The second-order valence-electron chi connectivity index (χ2n) is 6.52. The third-order valence-corrected chi connectivity index (χ3v) is 6.41. The molecule has 0 spiro atoms. The first-order valence-corrected chi connectivity index (χ1v) is 8.65. The van der Waals surface area contributed by atoms with Crippen LogP contribution in [0.5, 0.6) is 5.88 Å². The van der Waals surface area contributed by atoms with Crippen molar-refractivity contribution in [1.82, 2.24) is 4.98 Å². The van der Waals surface area contributed by atoms with Gasteiger partial charge in [0.1, 0.15) is 0 Å². The molecule has 20 heavy (non-hydrogen) atoms. The summed E-state index contributed by atoms with van der Waals surface area (Å²) in [5.74, 6) is 2.43. The molecule has 2 saturated carbocycles. The fraction of sp³-hybridized carbons (Fsp3) is 0.800. The number of thiazole rings is 1. The molecular formula is C15H22N2O2S. The second kappa shape index (κ2) is 5.19. The van der Waals surface area contributed by atoms with Gasteiger partial charge in [0.15, 0.2) is 5.13 Å². The van der Waals surface area contributed by atoms with Gasteiger partial charge in [-0.05, 0) is 43.9 Å². The Labute approximate surface area is 123 Å². The summed E-state index contributed by atoms with van der Waals surface area (Å²) in [4.78, 5) is 5.41. The van der Waals surface area contributed by atoms with Crippen molar-refractivity contribution in [3.05, 3.63) is 4.88 Å². The van der Waals surface area contributed by atoms with Gasteiger partial charge in [-0.2, -0.15) is 4.98 Å². The van der Waals surface area contributed by atoms with E-state index < -0.39 is 0 Å². The summed E-state index contributed by atoms with van der Waals surface area (Å²) in [6.45, 7) is 1.61. The average molecular weight is 294 g/mol. The standard InChI is InChI=1S/C15H22N2O2S/c18-14-13(10-3-5-19-6-4-10)20-15(17-14)16-12-8-9-1-2-11(12)7-9/h9-12,18H,1-8H2,(H,16,17)/t9-,11+,12+/m1/s1. The minimum atomic E-state index is 0.243. The first kappa shape index (κ1) is 12.9. The number of aromatic nitrogens is 1. The second-order valence-corrected chi connectivity index (χ2v) is 7.55. The van der Waals surface area contributed by atoms with Crippen LogP contribution in [0.15, 0.2) is 0 Å². The Morgan fingerprint density at radius 1 is 1.15 bits per heavy atom. The van der Waals surface area contributed by atoms with Gasteiger partial charge in [0.2, 0.25) is 5.88 Å². The van der Waals surface area contributed by atoms with Crippen LogP contribution in [-0.4, -0.2) is 29.3 Å². The van der Waals surface area contributed by atoms with Gasteiger partial charge < -0.3 is 15.2 Å². The van der Waals surface area contributed by atoms with Crippen LogP contribution in [0.2, 0.25) is 0 Å². The van der Waals surface area contributed by atoms with Crippen molar-refractivity contribution in [3.8, 4) is 5.88 Å². The highest BCUT2D eigenvalue weighted by Crippen LogP contribution is 2.46. The van der Waals surface area contributed by atoms with Gasteiger partial charge in [-0.25, -0.2) is 0 Å². The number of nitrogens with one attached hydrogen (secondary N) is 1. The number of hydrogen-bond donors (Lipinski definition) is 2. The summed E-state index contributed by atoms with van der Waals surface area (Å²) >= 11 is 1.65. The van der Waals surface area contributed by atoms with E-state index in [1.165, 1.54) is 25.7 Å². The molecule has 5 heteroatoms. The smallest absolute Gasteiger partial charge is 0.227 e. The Hall–Kier alpha value is -0.810. The van der Waals surface area contributed by atoms with Crippen LogP contribution < -0.4 is 5.32 Å². The lowest BCUT2D eigenvalue weighted by Gasteiger charge is -2.22. The molecule has 2 aliphatic carbocycles. The number of ether oxygens (including phenoxy) is 1. The molecule has 0 radical (unpaired) electrons. The zero-order chi connectivity index (χ0) is 13.5. The van der Waals surface area contributed by atoms with Crippen LogP contribution in [0.4, 0.5) is 5.13 Å². The summed E-state index contributed by atoms with van der Waals surface area (Å²) < 4.78 is 5.40. The molecular weight excluding hydrogens is 272 g/mol. The Kier molecular flexibility index (Phi) is 3.34. The van der Waals surface area contributed by atoms with Crippen LogP contribution in [-0.2, 0) is 4.74 Å². The van der Waals surface area contributed by atoms with E-state index in [4.69, 9.17) is 4.74 Å². The number of rotatable bonds is 3. The molecule has 1 aliphatic heterocycles. The van der Waals surface area contributed by atoms with E-state index in [2.05, 4.69) is 10.3 Å². The van der Waals surface area contributed by atoms with Crippen LogP contribution in [0.3, 0.4) is 0 Å². The van der Waals surface area contributed by atoms with Gasteiger partial charge in [0, 0.05) is 25.2 Å². The Bertz CT molecular complexity index is 484. The Balaban J connectivity index is 1.46. The summed E-state index contributed by atoms with van der Waals surface area (Å²) in [5.41, 5.74) is 0. The highest BCUT2D eigenvalue weighted by Gasteiger charge is 2.40. The maximum Gasteiger partial charge on any atom is 0.227 e. The Morgan fingerprint density at radius 3 is 2.70 bits per heavy atom. The molecule has 0 unspecified atom stereocenters. The number of nitrogens with zero attached hydrogens (tertiary/aromatic N) is 1. The minimum absolute atomic E-state index is 0.243. The average Bonchev–Trinajstić information content (AvgIpc) is 3.16. The number of hydrogen-bond acceptors (Lipinski definition) is 5. The fourth-order valence-corrected chi connectivity index (χ4v) is 5.28. The van der Waals surface area contributed by atoms with Gasteiger partial charge >= 0.3 is 0 Å². The van der Waals surface area contributed by atoms with E-state index >= 15 is 0 Å². The summed E-state index contributed by atoms with van der Waals surface area (Å²) in [6, 6.07) is 0.585. The van der Waals surface area contributed by atoms with Gasteiger partial charge in [-0.15, -0.1) is 0 Å². The van der Waals surface area contributed by atoms with Crippen molar-refractivity contribution >= 4 is 16.5 Å². The Morgan fingerprint density at radius 2 is 2.00 bits per heavy atom. The van der Waals surface area contributed by atoms with Crippen molar-refractivity contribution in [2.45, 2.75) is 50.5 Å². The predicted molar refractivity (Wildman–Crippen MR) is 79.4 cm³/mol. The maximum atomic E-state index is 10.1. The van der Waals surface area contributed by atoms with Gasteiger partial charge in [-0.1, -0.05) is 17.8 Å². The topological polar surface area (TPSA) is 54.4 Å². The summed E-state index contributed by atoms with van der Waals surface area (Å²) in [7, 11) is 0. The van der Waals surface area contributed by atoms with E-state index in [0.717, 1.165) is 47.9 Å². The van der Waals surface area contributed by atoms with Crippen molar-refractivity contribution in [1.29, 1.82) is 0 Å². The van der Waals surface area contributed by atoms with Crippen molar-refractivity contribution in [2.75, 3.05) is 18.5 Å². The van der Waals surface area contributed by atoms with E-state index in [0.29, 0.717) is 12.0 Å². The predicted octanol–water partition coefficient (Wildman–Crippen LogP) is 3.34. The zero-order valence-corrected chi connectivity index (χ0v) is 12.5. The molecule has 2 bridgehead atoms. The van der Waals surface area contributed by atoms with Crippen molar-refractivity contribution in [3.63, 3.8) is 0 Å². The molecule has 3 fully saturated rings. The molecule has 4 rings (SSSR count). The van der Waals surface area contributed by atoms with Crippen LogP contribution in [0, 0.1) is 11.8 Å². The lowest BCUT2D eigenvalue weighted by atomic mass is 9.96. The molecule has 1 saturated heterocycles. The molecule has 0 amide bonds. The molecule has 3 aliphatic rings. The molecule has 1 aromatic rings. The van der Waals surface area contributed by atoms with Crippen molar-refractivity contribution < 1.29 is 9.84 Å². The highest BCUT2D eigenvalue weighted by atomic mass is 32.1. The number of fused-ring (bicyclic) bond motifs is 2. The monoisotopic (exact) mass is 294 g/mol. The lowest BCUT2D eigenvalue weighted by Crippen LogP contribution is -2.25. The van der Waals surface area contributed by atoms with E-state index in [1.807, 2.05) is 0 Å². The van der Waals surface area contributed by atoms with Crippen LogP contribution >= 0.6 is 11.3 Å². The fourth-order valence-electron chi connectivity index (χ4n) is 4.19. The van der Waals surface area contributed by atoms with Crippen LogP contribution in [0.25, 0.3) is 0 Å². The van der Waals surface area contributed by atoms with E-state index in [9.17, 15) is 5.11 Å². The highest BCUT2D eigenvalue weighted by molar-refractivity contribution is 7.16. The van der Waals surface area contributed by atoms with Crippen LogP contribution in [0.1, 0.15) is 49.3 Å². The zero-order valence-electron chi connectivity index (χ0n) is 11.7. The molecule has 2 heterocycles. The largest absolute Gasteiger partial charge is 0.492 e. The third kappa shape index (κ3) is 2.31. The first-order chi connectivity index (χ1) is 9.79. The van der Waals surface area contributed by atoms with E-state index in [-0.39, 0.29) is 5.88 Å². The number of anilines is 1. The summed E-state index contributed by atoms with van der Waals surface area (Å²) in [5, 5.41) is 14.6. The normalized spacial score (nSPS) is 33.7. The molecule has 2 N–H and O–H groups in total. The summed E-state index contributed by atoms with van der Waals surface area (Å²) in [6.07, 6.45) is 7.47. The molecule has 1 aromatic heterocycles. The van der Waals surface area contributed by atoms with Gasteiger partial charge in [0.05, 0.1) is 4.88 Å². The molecule has 3 atom stereocenters. The lowest BCUT2D eigenvalue weighted by molar-refractivity contribution is 0.0855. The molecule has 4 nitrogen and oxygen atoms in total. The van der Waals surface area contributed by atoms with Crippen molar-refractivity contribution in [2.24, 2.45) is 11.8 Å². The molecule has 110 valence electrons. The third-order valence-electron chi connectivity index (χ3n) is 5.27. The first-order valence-electron chi connectivity index (χ1n) is 7.83. The van der Waals surface area contributed by atoms with Gasteiger partial charge in [0.25, 0.3) is 0 Å². The minimum Gasteiger partial charge on any atom is -0.492 e. The molecule has 0 aromatic carbocycles.